The molecular weight excluding hydrogens is 294 g/mol. The van der Waals surface area contributed by atoms with Gasteiger partial charge in [-0.3, -0.25) is 4.79 Å². The first-order valence-electron chi connectivity index (χ1n) is 8.01. The van der Waals surface area contributed by atoms with E-state index in [-0.39, 0.29) is 5.56 Å². The van der Waals surface area contributed by atoms with Gasteiger partial charge in [0.1, 0.15) is 6.54 Å². The van der Waals surface area contributed by atoms with Gasteiger partial charge in [-0.25, -0.2) is 9.78 Å². The van der Waals surface area contributed by atoms with Gasteiger partial charge < -0.3 is 14.6 Å². The maximum atomic E-state index is 12.2. The monoisotopic (exact) mass is 316 g/mol. The number of aromatic amines is 1. The summed E-state index contributed by atoms with van der Waals surface area (Å²) in [5, 5.41) is 0.490. The van der Waals surface area contributed by atoms with E-state index in [1.54, 1.807) is 18.2 Å². The number of esters is 1. The fourth-order valence-corrected chi connectivity index (χ4v) is 3.10. The summed E-state index contributed by atoms with van der Waals surface area (Å²) in [7, 11) is 1.34. The normalized spacial score (nSPS) is 21.3. The lowest BCUT2D eigenvalue weighted by molar-refractivity contribution is -0.920. The highest BCUT2D eigenvalue weighted by molar-refractivity contribution is 5.93. The second-order valence-electron chi connectivity index (χ2n) is 6.35. The average Bonchev–Trinajstić information content (AvgIpc) is 2.55. The van der Waals surface area contributed by atoms with E-state index in [2.05, 4.69) is 16.9 Å². The van der Waals surface area contributed by atoms with Gasteiger partial charge in [-0.1, -0.05) is 6.92 Å². The highest BCUT2D eigenvalue weighted by Crippen LogP contribution is 2.12. The smallest absolute Gasteiger partial charge is 0.337 e. The van der Waals surface area contributed by atoms with Crippen LogP contribution < -0.4 is 10.5 Å². The average molecular weight is 316 g/mol. The largest absolute Gasteiger partial charge is 0.465 e. The highest BCUT2D eigenvalue weighted by atomic mass is 16.5. The molecule has 6 nitrogen and oxygen atoms in total. The topological polar surface area (TPSA) is 76.5 Å². The first-order chi connectivity index (χ1) is 11.1. The molecule has 1 aromatic carbocycles. The Morgan fingerprint density at radius 2 is 2.13 bits per heavy atom. The number of likely N-dealkylation sites (tertiary alicyclic amines) is 1. The minimum atomic E-state index is -0.425. The number of ether oxygens (including phenoxy) is 1. The molecule has 0 radical (unpaired) electrons. The van der Waals surface area contributed by atoms with Crippen LogP contribution in [0.15, 0.2) is 23.0 Å². The van der Waals surface area contributed by atoms with Crippen molar-refractivity contribution in [3.8, 4) is 0 Å². The maximum Gasteiger partial charge on any atom is 0.337 e. The lowest BCUT2D eigenvalue weighted by Crippen LogP contribution is -3.11. The summed E-state index contributed by atoms with van der Waals surface area (Å²) in [6.07, 6.45) is 2.42. The predicted octanol–water partition coefficient (Wildman–Crippen LogP) is 0.525. The number of carbonyl (C=O) groups is 1. The molecule has 1 aliphatic rings. The summed E-state index contributed by atoms with van der Waals surface area (Å²) < 4.78 is 4.72. The van der Waals surface area contributed by atoms with E-state index < -0.39 is 5.97 Å². The van der Waals surface area contributed by atoms with Gasteiger partial charge in [0.05, 0.1) is 36.7 Å². The quantitative estimate of drug-likeness (QED) is 0.810. The summed E-state index contributed by atoms with van der Waals surface area (Å²) in [4.78, 5) is 32.7. The van der Waals surface area contributed by atoms with E-state index in [0.717, 1.165) is 19.0 Å². The Morgan fingerprint density at radius 1 is 1.39 bits per heavy atom. The Bertz CT molecular complexity index is 776. The predicted molar refractivity (Wildman–Crippen MR) is 86.5 cm³/mol. The van der Waals surface area contributed by atoms with Crippen LogP contribution in [0.25, 0.3) is 10.9 Å². The van der Waals surface area contributed by atoms with Crippen molar-refractivity contribution in [1.29, 1.82) is 0 Å². The van der Waals surface area contributed by atoms with Crippen LogP contribution in [0.3, 0.4) is 0 Å². The zero-order chi connectivity index (χ0) is 16.4. The van der Waals surface area contributed by atoms with E-state index in [1.807, 2.05) is 0 Å². The lowest BCUT2D eigenvalue weighted by Gasteiger charge is -2.26. The number of nitrogens with one attached hydrogen (secondary N) is 2. The Kier molecular flexibility index (Phi) is 4.43. The van der Waals surface area contributed by atoms with Gasteiger partial charge in [0.2, 0.25) is 0 Å². The standard InChI is InChI=1S/C17H21N3O3/c1-11-5-7-20(8-6-11)10-15-18-14-9-12(17(22)23-2)3-4-13(14)16(21)19-15/h3-4,9,11H,5-8,10H2,1-2H3,(H,18,19,21)/p+1. The number of methoxy groups -OCH3 is 1. The van der Waals surface area contributed by atoms with Gasteiger partial charge >= 0.3 is 5.97 Å². The molecule has 23 heavy (non-hydrogen) atoms. The van der Waals surface area contributed by atoms with Crippen LogP contribution in [0, 0.1) is 5.92 Å². The number of rotatable bonds is 3. The SMILES string of the molecule is COC(=O)c1ccc2c(=O)[nH]c(C[NH+]3CCC(C)CC3)nc2c1. The lowest BCUT2D eigenvalue weighted by atomic mass is 9.99. The van der Waals surface area contributed by atoms with Gasteiger partial charge in [0, 0.05) is 0 Å². The molecule has 0 amide bonds. The number of piperidine rings is 1. The summed E-state index contributed by atoms with van der Waals surface area (Å²) in [5.74, 6) is 1.03. The molecule has 2 aromatic rings. The molecule has 1 aromatic heterocycles. The van der Waals surface area contributed by atoms with Crippen molar-refractivity contribution < 1.29 is 14.4 Å². The fourth-order valence-electron chi connectivity index (χ4n) is 3.10. The molecule has 0 spiro atoms. The van der Waals surface area contributed by atoms with Crippen LogP contribution in [-0.4, -0.2) is 36.1 Å². The van der Waals surface area contributed by atoms with E-state index in [4.69, 9.17) is 4.74 Å². The molecule has 2 N–H and O–H groups in total. The Hall–Kier alpha value is -2.21. The van der Waals surface area contributed by atoms with Gasteiger partial charge in [0.25, 0.3) is 5.56 Å². The summed E-state index contributed by atoms with van der Waals surface area (Å²) in [6.45, 7) is 5.19. The zero-order valence-electron chi connectivity index (χ0n) is 13.5. The van der Waals surface area contributed by atoms with Crippen LogP contribution in [0.2, 0.25) is 0 Å². The Balaban J connectivity index is 1.89. The summed E-state index contributed by atoms with van der Waals surface area (Å²) in [6, 6.07) is 4.82. The molecule has 1 saturated heterocycles. The second kappa shape index (κ2) is 6.50. The van der Waals surface area contributed by atoms with Crippen molar-refractivity contribution in [2.45, 2.75) is 26.3 Å². The third-order valence-electron chi connectivity index (χ3n) is 4.58. The second-order valence-corrected chi connectivity index (χ2v) is 6.35. The van der Waals surface area contributed by atoms with Crippen LogP contribution >= 0.6 is 0 Å². The minimum absolute atomic E-state index is 0.161. The molecule has 0 atom stereocenters. The number of fused-ring (bicyclic) bond motifs is 1. The number of hydrogen-bond donors (Lipinski definition) is 2. The molecular formula is C17H22N3O3+. The van der Waals surface area contributed by atoms with Gasteiger partial charge in [0.15, 0.2) is 5.82 Å². The molecule has 6 heteroatoms. The van der Waals surface area contributed by atoms with Crippen molar-refractivity contribution in [3.63, 3.8) is 0 Å². The number of hydrogen-bond acceptors (Lipinski definition) is 4. The number of carbonyl (C=O) groups excluding carboxylic acids is 1. The van der Waals surface area contributed by atoms with Crippen LogP contribution in [0.5, 0.6) is 0 Å². The van der Waals surface area contributed by atoms with Crippen molar-refractivity contribution in [2.75, 3.05) is 20.2 Å². The van der Waals surface area contributed by atoms with Gasteiger partial charge in [-0.15, -0.1) is 0 Å². The molecule has 0 unspecified atom stereocenters. The first kappa shape index (κ1) is 15.7. The molecule has 0 aliphatic carbocycles. The van der Waals surface area contributed by atoms with Crippen molar-refractivity contribution in [1.82, 2.24) is 9.97 Å². The highest BCUT2D eigenvalue weighted by Gasteiger charge is 2.20. The van der Waals surface area contributed by atoms with Crippen LogP contribution in [0.4, 0.5) is 0 Å². The Morgan fingerprint density at radius 3 is 2.83 bits per heavy atom. The van der Waals surface area contributed by atoms with Gasteiger partial charge in [-0.05, 0) is 37.0 Å². The van der Waals surface area contributed by atoms with Gasteiger partial charge in [-0.2, -0.15) is 0 Å². The van der Waals surface area contributed by atoms with E-state index >= 15 is 0 Å². The van der Waals surface area contributed by atoms with Crippen molar-refractivity contribution in [2.24, 2.45) is 5.92 Å². The number of aromatic nitrogens is 2. The number of H-pyrrole nitrogens is 1. The summed E-state index contributed by atoms with van der Waals surface area (Å²) >= 11 is 0. The maximum absolute atomic E-state index is 12.2. The molecule has 122 valence electrons. The molecule has 1 aliphatic heterocycles. The number of benzene rings is 1. The minimum Gasteiger partial charge on any atom is -0.465 e. The van der Waals surface area contributed by atoms with E-state index in [9.17, 15) is 9.59 Å². The summed E-state index contributed by atoms with van der Waals surface area (Å²) in [5.41, 5.74) is 0.783. The first-order valence-corrected chi connectivity index (χ1v) is 8.01. The number of quaternary nitrogens is 1. The van der Waals surface area contributed by atoms with Crippen LogP contribution in [-0.2, 0) is 11.3 Å². The Labute approximate surface area is 134 Å². The molecule has 0 bridgehead atoms. The molecule has 2 heterocycles. The van der Waals surface area contributed by atoms with Crippen LogP contribution in [0.1, 0.15) is 35.9 Å². The van der Waals surface area contributed by atoms with E-state index in [1.165, 1.54) is 24.9 Å². The number of nitrogens with zero attached hydrogens (tertiary/aromatic N) is 1. The molecule has 3 rings (SSSR count). The van der Waals surface area contributed by atoms with Crippen molar-refractivity contribution >= 4 is 16.9 Å². The fraction of sp³-hybridized carbons (Fsp3) is 0.471. The van der Waals surface area contributed by atoms with Crippen molar-refractivity contribution in [3.05, 3.63) is 39.9 Å². The van der Waals surface area contributed by atoms with E-state index in [0.29, 0.717) is 28.8 Å². The molecule has 0 saturated carbocycles. The third kappa shape index (κ3) is 3.42. The molecule has 1 fully saturated rings. The zero-order valence-corrected chi connectivity index (χ0v) is 13.5. The third-order valence-corrected chi connectivity index (χ3v) is 4.58.